The van der Waals surface area contributed by atoms with E-state index in [1.807, 2.05) is 78.9 Å². The summed E-state index contributed by atoms with van der Waals surface area (Å²) in [5.74, 6) is 0. The van der Waals surface area contributed by atoms with E-state index in [1.54, 1.807) is 0 Å². The molecule has 0 fully saturated rings. The molecule has 0 aliphatic heterocycles. The van der Waals surface area contributed by atoms with Crippen molar-refractivity contribution >= 4 is 128 Å². The summed E-state index contributed by atoms with van der Waals surface area (Å²) in [6, 6.07) is 118. The van der Waals surface area contributed by atoms with Gasteiger partial charge in [0.2, 0.25) is 0 Å². The molecule has 91 heavy (non-hydrogen) atoms. The standard InChI is InChI=1S/C42H28N2O.C24H16ClN.C18H13NO/c1-4-14-29(15-5-1)33-25-26-38(42-41(33)35-21-10-12-22-37(35)44(42)31-18-8-3-9-19-31)43(30-16-6-2-7-17-30)32-24-27-40-36(28-32)34-20-11-13-23-39(34)45-40;25-21-16-15-19(17-9-3-1-4-10-17)23-20-13-7-8-14-22(20)26(24(21)23)18-11-5-2-6-12-18;1-2-6-13(7-3-1)19-14-10-11-18-16(12-14)15-8-4-5-9-17(15)20-18/h1-28H;1-16H;1-12,19H. The van der Waals surface area contributed by atoms with Gasteiger partial charge in [-0.3, -0.25) is 0 Å². The molecule has 0 atom stereocenters. The second kappa shape index (κ2) is 23.7. The molecule has 0 spiro atoms. The average molecular weight is 1190 g/mol. The monoisotopic (exact) mass is 1190 g/mol. The number of benzene rings is 14. The normalized spacial score (nSPS) is 11.4. The molecule has 432 valence electrons. The van der Waals surface area contributed by atoms with E-state index in [2.05, 4.69) is 280 Å². The number of hydrogen-bond donors (Lipinski definition) is 1. The van der Waals surface area contributed by atoms with Gasteiger partial charge in [0.25, 0.3) is 0 Å². The summed E-state index contributed by atoms with van der Waals surface area (Å²) in [6.45, 7) is 0. The lowest BCUT2D eigenvalue weighted by Gasteiger charge is -2.27. The van der Waals surface area contributed by atoms with Gasteiger partial charge < -0.3 is 28.2 Å². The van der Waals surface area contributed by atoms with Crippen LogP contribution in [0.25, 0.3) is 121 Å². The van der Waals surface area contributed by atoms with Gasteiger partial charge in [-0.2, -0.15) is 0 Å². The fourth-order valence-corrected chi connectivity index (χ4v) is 13.3. The molecule has 0 unspecified atom stereocenters. The van der Waals surface area contributed by atoms with Gasteiger partial charge >= 0.3 is 0 Å². The SMILES string of the molecule is Clc1ccc(-c2ccccc2)c2c3ccccc3n(-c3ccccc3)c12.c1ccc(-c2ccc(N(c3ccccc3)c3ccc4oc5ccccc5c4c3)c3c2c2ccccc2n3-c2ccccc2)cc1.c1ccc(Nc2ccc3oc4ccccc4c3c2)cc1. The van der Waals surface area contributed by atoms with E-state index in [1.165, 1.54) is 54.8 Å². The van der Waals surface area contributed by atoms with Gasteiger partial charge in [0.05, 0.1) is 32.8 Å². The third kappa shape index (κ3) is 10.1. The Morgan fingerprint density at radius 1 is 0.297 bits per heavy atom. The molecule has 7 heteroatoms. The second-order valence-corrected chi connectivity index (χ2v) is 22.9. The molecule has 0 saturated carbocycles. The van der Waals surface area contributed by atoms with Crippen molar-refractivity contribution in [2.24, 2.45) is 0 Å². The van der Waals surface area contributed by atoms with Crippen molar-refractivity contribution in [3.8, 4) is 33.6 Å². The second-order valence-electron chi connectivity index (χ2n) is 22.5. The minimum absolute atomic E-state index is 0.764. The Bertz CT molecular complexity index is 5630. The lowest BCUT2D eigenvalue weighted by Crippen LogP contribution is -2.11. The maximum Gasteiger partial charge on any atom is 0.135 e. The molecule has 0 aliphatic rings. The van der Waals surface area contributed by atoms with Gasteiger partial charge in [-0.15, -0.1) is 0 Å². The number of anilines is 5. The summed E-state index contributed by atoms with van der Waals surface area (Å²) in [5, 5.41) is 13.5. The van der Waals surface area contributed by atoms with Crippen molar-refractivity contribution < 1.29 is 8.83 Å². The van der Waals surface area contributed by atoms with Gasteiger partial charge in [0, 0.05) is 77.2 Å². The summed E-state index contributed by atoms with van der Waals surface area (Å²) in [7, 11) is 0. The van der Waals surface area contributed by atoms with Crippen LogP contribution >= 0.6 is 11.6 Å². The van der Waals surface area contributed by atoms with Crippen LogP contribution in [0.5, 0.6) is 0 Å². The van der Waals surface area contributed by atoms with Crippen LogP contribution in [0.3, 0.4) is 0 Å². The zero-order valence-corrected chi connectivity index (χ0v) is 50.1. The largest absolute Gasteiger partial charge is 0.456 e. The van der Waals surface area contributed by atoms with E-state index >= 15 is 0 Å². The van der Waals surface area contributed by atoms with E-state index in [-0.39, 0.29) is 0 Å². The molecule has 0 bridgehead atoms. The predicted molar refractivity (Wildman–Crippen MR) is 383 cm³/mol. The summed E-state index contributed by atoms with van der Waals surface area (Å²) in [6.07, 6.45) is 0. The number of fused-ring (bicyclic) bond motifs is 12. The first-order valence-corrected chi connectivity index (χ1v) is 31.0. The molecule has 0 radical (unpaired) electrons. The van der Waals surface area contributed by atoms with Crippen LogP contribution in [0.2, 0.25) is 5.02 Å². The number of rotatable bonds is 9. The molecule has 4 heterocycles. The fourth-order valence-electron chi connectivity index (χ4n) is 13.1. The van der Waals surface area contributed by atoms with Crippen molar-refractivity contribution in [3.63, 3.8) is 0 Å². The van der Waals surface area contributed by atoms with Crippen LogP contribution in [0.1, 0.15) is 0 Å². The van der Waals surface area contributed by atoms with Crippen molar-refractivity contribution in [1.82, 2.24) is 9.13 Å². The molecule has 6 nitrogen and oxygen atoms in total. The Balaban J connectivity index is 0.000000121. The molecule has 4 aromatic heterocycles. The van der Waals surface area contributed by atoms with Crippen LogP contribution < -0.4 is 10.2 Å². The number of nitrogens with zero attached hydrogens (tertiary/aromatic N) is 3. The molecule has 14 aromatic carbocycles. The Morgan fingerprint density at radius 3 is 1.27 bits per heavy atom. The van der Waals surface area contributed by atoms with Gasteiger partial charge in [-0.05, 0) is 144 Å². The van der Waals surface area contributed by atoms with Crippen molar-refractivity contribution in [3.05, 3.63) is 345 Å². The van der Waals surface area contributed by atoms with Gasteiger partial charge in [0.1, 0.15) is 22.3 Å². The number of furan rings is 2. The van der Waals surface area contributed by atoms with Crippen LogP contribution in [-0.4, -0.2) is 9.13 Å². The predicted octanol–water partition coefficient (Wildman–Crippen LogP) is 24.3. The first-order chi connectivity index (χ1) is 45.1. The number of hydrogen-bond acceptors (Lipinski definition) is 4. The lowest BCUT2D eigenvalue weighted by atomic mass is 9.98. The van der Waals surface area contributed by atoms with Gasteiger partial charge in [-0.1, -0.05) is 230 Å². The molecule has 1 N–H and O–H groups in total. The molecule has 0 saturated heterocycles. The molecule has 0 amide bonds. The average Bonchev–Trinajstić information content (AvgIpc) is 1.61. The molecule has 0 aliphatic carbocycles. The summed E-state index contributed by atoms with van der Waals surface area (Å²) >= 11 is 6.72. The highest BCUT2D eigenvalue weighted by Gasteiger charge is 2.25. The molecular formula is C84H57ClN4O2. The third-order valence-corrected chi connectivity index (χ3v) is 17.4. The Kier molecular flexibility index (Phi) is 14.2. The smallest absolute Gasteiger partial charge is 0.135 e. The molecule has 18 rings (SSSR count). The fraction of sp³-hybridized carbons (Fsp3) is 0. The summed E-state index contributed by atoms with van der Waals surface area (Å²) in [4.78, 5) is 2.39. The van der Waals surface area contributed by atoms with Crippen molar-refractivity contribution in [1.29, 1.82) is 0 Å². The number of nitrogens with one attached hydrogen (secondary N) is 1. The van der Waals surface area contributed by atoms with Gasteiger partial charge in [0.15, 0.2) is 0 Å². The summed E-state index contributed by atoms with van der Waals surface area (Å²) in [5.41, 5.74) is 20.6. The highest BCUT2D eigenvalue weighted by molar-refractivity contribution is 6.37. The highest BCUT2D eigenvalue weighted by atomic mass is 35.5. The number of para-hydroxylation sites is 8. The van der Waals surface area contributed by atoms with Crippen LogP contribution in [-0.2, 0) is 0 Å². The zero-order chi connectivity index (χ0) is 60.6. The Morgan fingerprint density at radius 2 is 0.714 bits per heavy atom. The lowest BCUT2D eigenvalue weighted by molar-refractivity contribution is 0.668. The maximum atomic E-state index is 6.72. The zero-order valence-electron chi connectivity index (χ0n) is 49.4. The first kappa shape index (κ1) is 54.6. The van der Waals surface area contributed by atoms with E-state index in [4.69, 9.17) is 20.4 Å². The van der Waals surface area contributed by atoms with Gasteiger partial charge in [-0.25, -0.2) is 0 Å². The topological polar surface area (TPSA) is 51.4 Å². The Labute approximate surface area is 530 Å². The van der Waals surface area contributed by atoms with Crippen LogP contribution in [0, 0.1) is 0 Å². The van der Waals surface area contributed by atoms with E-state index in [9.17, 15) is 0 Å². The molecule has 18 aromatic rings. The number of aromatic nitrogens is 2. The van der Waals surface area contributed by atoms with E-state index < -0.39 is 0 Å². The minimum Gasteiger partial charge on any atom is -0.456 e. The minimum atomic E-state index is 0.764. The van der Waals surface area contributed by atoms with Crippen LogP contribution in [0.15, 0.2) is 349 Å². The first-order valence-electron chi connectivity index (χ1n) is 30.6. The van der Waals surface area contributed by atoms with Crippen LogP contribution in [0.4, 0.5) is 28.4 Å². The third-order valence-electron chi connectivity index (χ3n) is 17.1. The maximum absolute atomic E-state index is 6.72. The summed E-state index contributed by atoms with van der Waals surface area (Å²) < 4.78 is 16.7. The number of halogens is 1. The van der Waals surface area contributed by atoms with E-state index in [0.29, 0.717) is 0 Å². The quantitative estimate of drug-likeness (QED) is 0.156. The highest BCUT2D eigenvalue weighted by Crippen LogP contribution is 2.48. The Hall–Kier alpha value is -11.8. The van der Waals surface area contributed by atoms with Crippen molar-refractivity contribution in [2.75, 3.05) is 10.2 Å². The van der Waals surface area contributed by atoms with E-state index in [0.717, 1.165) is 99.7 Å². The van der Waals surface area contributed by atoms with Crippen molar-refractivity contribution in [2.45, 2.75) is 0 Å². The molecular weight excluding hydrogens is 1130 g/mol.